The van der Waals surface area contributed by atoms with E-state index in [2.05, 4.69) is 17.4 Å². The van der Waals surface area contributed by atoms with Crippen molar-refractivity contribution >= 4 is 12.6 Å². The van der Waals surface area contributed by atoms with Gasteiger partial charge < -0.3 is 9.84 Å². The molecule has 0 aliphatic heterocycles. The molecule has 0 aromatic rings. The number of alkyl halides is 6. The Balaban J connectivity index is 2.65. The number of ether oxygens (including phenoxy) is 1. The van der Waals surface area contributed by atoms with Crippen molar-refractivity contribution in [1.82, 2.24) is 0 Å². The lowest BCUT2D eigenvalue weighted by Gasteiger charge is -2.35. The van der Waals surface area contributed by atoms with E-state index in [1.165, 1.54) is 0 Å². The summed E-state index contributed by atoms with van der Waals surface area (Å²) in [6.07, 6.45) is -10.5. The van der Waals surface area contributed by atoms with Crippen LogP contribution in [0.2, 0.25) is 0 Å². The summed E-state index contributed by atoms with van der Waals surface area (Å²) in [5.41, 5.74) is 0. The summed E-state index contributed by atoms with van der Waals surface area (Å²) in [6, 6.07) is 0. The number of thiol groups is 1. The van der Waals surface area contributed by atoms with Crippen molar-refractivity contribution in [3.8, 4) is 0 Å². The van der Waals surface area contributed by atoms with Gasteiger partial charge in [0.05, 0.1) is 12.7 Å². The van der Waals surface area contributed by atoms with Gasteiger partial charge in [-0.2, -0.15) is 26.3 Å². The first-order valence-corrected chi connectivity index (χ1v) is 6.10. The molecule has 0 atom stereocenters. The van der Waals surface area contributed by atoms with E-state index in [4.69, 9.17) is 0 Å². The zero-order valence-corrected chi connectivity index (χ0v) is 10.7. The molecule has 19 heavy (non-hydrogen) atoms. The van der Waals surface area contributed by atoms with Crippen LogP contribution in [0.15, 0.2) is 0 Å². The molecule has 0 aromatic carbocycles. The van der Waals surface area contributed by atoms with Crippen LogP contribution in [-0.2, 0) is 4.74 Å². The van der Waals surface area contributed by atoms with E-state index < -0.39 is 35.9 Å². The maximum Gasteiger partial charge on any atom is 0.436 e. The molecular formula is C10H14F6O2S. The van der Waals surface area contributed by atoms with Gasteiger partial charge in [0.2, 0.25) is 0 Å². The monoisotopic (exact) mass is 312 g/mol. The highest BCUT2D eigenvalue weighted by atomic mass is 32.1. The number of halogens is 6. The van der Waals surface area contributed by atoms with Gasteiger partial charge in [0.15, 0.2) is 0 Å². The quantitative estimate of drug-likeness (QED) is 0.476. The number of hydrogen-bond donors (Lipinski definition) is 2. The molecule has 0 bridgehead atoms. The van der Waals surface area contributed by atoms with E-state index in [0.29, 0.717) is 25.7 Å². The Kier molecular flexibility index (Phi) is 5.06. The molecule has 1 N–H and O–H groups in total. The molecule has 0 heterocycles. The molecule has 114 valence electrons. The van der Waals surface area contributed by atoms with Crippen molar-refractivity contribution in [3.63, 3.8) is 0 Å². The van der Waals surface area contributed by atoms with Crippen LogP contribution in [0.3, 0.4) is 0 Å². The van der Waals surface area contributed by atoms with Gasteiger partial charge in [-0.15, -0.1) is 12.6 Å². The topological polar surface area (TPSA) is 29.5 Å². The maximum atomic E-state index is 12.5. The van der Waals surface area contributed by atoms with Crippen molar-refractivity contribution in [2.24, 2.45) is 5.92 Å². The number of hydrogen-bond acceptors (Lipinski definition) is 3. The summed E-state index contributed by atoms with van der Waals surface area (Å²) in [4.78, 5) is -4.45. The molecule has 1 rings (SSSR count). The number of rotatable bonds is 3. The van der Waals surface area contributed by atoms with Crippen LogP contribution in [0.1, 0.15) is 25.7 Å². The van der Waals surface area contributed by atoms with Crippen molar-refractivity contribution in [1.29, 1.82) is 0 Å². The van der Waals surface area contributed by atoms with Crippen LogP contribution >= 0.6 is 12.6 Å². The van der Waals surface area contributed by atoms with Gasteiger partial charge in [-0.1, -0.05) is 0 Å². The van der Waals surface area contributed by atoms with Crippen molar-refractivity contribution < 1.29 is 36.2 Å². The molecule has 0 radical (unpaired) electrons. The summed E-state index contributed by atoms with van der Waals surface area (Å²) in [5, 5.41) is 9.20. The Hall–Kier alpha value is -0.150. The normalized spacial score (nSPS) is 26.5. The highest BCUT2D eigenvalue weighted by Gasteiger charge is 2.70. The third-order valence-corrected chi connectivity index (χ3v) is 3.75. The predicted molar refractivity (Wildman–Crippen MR) is 57.7 cm³/mol. The second kappa shape index (κ2) is 5.69. The minimum absolute atomic E-state index is 0.334. The van der Waals surface area contributed by atoms with Gasteiger partial charge >= 0.3 is 17.3 Å². The van der Waals surface area contributed by atoms with Crippen LogP contribution in [0.5, 0.6) is 0 Å². The van der Waals surface area contributed by atoms with Crippen molar-refractivity contribution in [3.05, 3.63) is 0 Å². The summed E-state index contributed by atoms with van der Waals surface area (Å²) in [5.74, 6) is -0.431. The average molecular weight is 312 g/mol. The molecular weight excluding hydrogens is 298 g/mol. The van der Waals surface area contributed by atoms with Gasteiger partial charge in [0.25, 0.3) is 0 Å². The van der Waals surface area contributed by atoms with E-state index >= 15 is 0 Å². The van der Waals surface area contributed by atoms with Gasteiger partial charge in [0.1, 0.15) is 0 Å². The number of aliphatic hydroxyl groups is 1. The Labute approximate surface area is 111 Å². The van der Waals surface area contributed by atoms with Crippen LogP contribution in [0.4, 0.5) is 26.3 Å². The molecule has 1 aliphatic carbocycles. The summed E-state index contributed by atoms with van der Waals surface area (Å²) < 4.78 is 78.8. The predicted octanol–water partition coefficient (Wildman–Crippen LogP) is 3.30. The SMILES string of the molecule is OC1CCC(COC(S)(C(F)(F)F)C(F)(F)F)CC1. The van der Waals surface area contributed by atoms with Crippen LogP contribution in [-0.4, -0.2) is 35.1 Å². The summed E-state index contributed by atoms with van der Waals surface area (Å²) in [6.45, 7) is -0.685. The molecule has 2 nitrogen and oxygen atoms in total. The highest BCUT2D eigenvalue weighted by Crippen LogP contribution is 2.49. The van der Waals surface area contributed by atoms with E-state index in [0.717, 1.165) is 0 Å². The lowest BCUT2D eigenvalue weighted by Crippen LogP contribution is -2.55. The fraction of sp³-hybridized carbons (Fsp3) is 1.00. The lowest BCUT2D eigenvalue weighted by atomic mass is 9.88. The molecule has 0 spiro atoms. The van der Waals surface area contributed by atoms with Gasteiger partial charge in [-0.05, 0) is 31.6 Å². The Bertz CT molecular complexity index is 281. The Morgan fingerprint density at radius 2 is 1.37 bits per heavy atom. The van der Waals surface area contributed by atoms with E-state index in [9.17, 15) is 31.4 Å². The fourth-order valence-corrected chi connectivity index (χ4v) is 1.95. The standard InChI is InChI=1S/C10H14F6O2S/c11-9(12,13)8(19,10(14,15)16)18-5-6-1-3-7(17)4-2-6/h6-7,17,19H,1-5H2. The van der Waals surface area contributed by atoms with Crippen LogP contribution < -0.4 is 0 Å². The largest absolute Gasteiger partial charge is 0.436 e. The second-order valence-electron chi connectivity index (χ2n) is 4.63. The maximum absolute atomic E-state index is 12.5. The van der Waals surface area contributed by atoms with Crippen molar-refractivity contribution in [2.45, 2.75) is 49.1 Å². The second-order valence-corrected chi connectivity index (χ2v) is 5.25. The zero-order valence-electron chi connectivity index (χ0n) is 9.76. The smallest absolute Gasteiger partial charge is 0.393 e. The minimum Gasteiger partial charge on any atom is -0.393 e. The van der Waals surface area contributed by atoms with Gasteiger partial charge in [0, 0.05) is 0 Å². The third kappa shape index (κ3) is 3.91. The number of aliphatic hydroxyl groups excluding tert-OH is 1. The first-order chi connectivity index (χ1) is 8.47. The zero-order chi connectivity index (χ0) is 14.9. The highest BCUT2D eigenvalue weighted by molar-refractivity contribution is 7.81. The van der Waals surface area contributed by atoms with E-state index in [1.807, 2.05) is 0 Å². The van der Waals surface area contributed by atoms with Crippen LogP contribution in [0.25, 0.3) is 0 Å². The van der Waals surface area contributed by atoms with Gasteiger partial charge in [-0.3, -0.25) is 0 Å². The minimum atomic E-state index is -5.65. The van der Waals surface area contributed by atoms with Crippen LogP contribution in [0, 0.1) is 5.92 Å². The fourth-order valence-electron chi connectivity index (χ4n) is 1.87. The average Bonchev–Trinajstić information content (AvgIpc) is 2.24. The molecule has 9 heteroatoms. The Morgan fingerprint density at radius 3 is 1.74 bits per heavy atom. The third-order valence-electron chi connectivity index (χ3n) is 3.11. The van der Waals surface area contributed by atoms with E-state index in [-0.39, 0.29) is 0 Å². The molecule has 0 amide bonds. The summed E-state index contributed by atoms with van der Waals surface area (Å²) in [7, 11) is 0. The summed E-state index contributed by atoms with van der Waals surface area (Å²) >= 11 is 2.68. The molecule has 0 aromatic heterocycles. The molecule has 0 unspecified atom stereocenters. The molecule has 1 fully saturated rings. The first kappa shape index (κ1) is 16.9. The Morgan fingerprint density at radius 1 is 0.947 bits per heavy atom. The molecule has 1 saturated carbocycles. The first-order valence-electron chi connectivity index (χ1n) is 5.65. The molecule has 1 aliphatic rings. The van der Waals surface area contributed by atoms with E-state index in [1.54, 1.807) is 0 Å². The van der Waals surface area contributed by atoms with Gasteiger partial charge in [-0.25, -0.2) is 0 Å². The lowest BCUT2D eigenvalue weighted by molar-refractivity contribution is -0.341. The molecule has 0 saturated heterocycles. The van der Waals surface area contributed by atoms with Crippen molar-refractivity contribution in [2.75, 3.05) is 6.61 Å².